The Morgan fingerprint density at radius 3 is 2.95 bits per heavy atom. The molecule has 4 nitrogen and oxygen atoms in total. The topological polar surface area (TPSA) is 58.6 Å². The molecule has 1 aliphatic rings. The highest BCUT2D eigenvalue weighted by atomic mass is 16.5. The van der Waals surface area contributed by atoms with Gasteiger partial charge < -0.3 is 15.2 Å². The van der Waals surface area contributed by atoms with E-state index in [2.05, 4.69) is 5.32 Å². The summed E-state index contributed by atoms with van der Waals surface area (Å²) in [5, 5.41) is 12.6. The van der Waals surface area contributed by atoms with Crippen molar-refractivity contribution in [1.82, 2.24) is 5.32 Å². The first kappa shape index (κ1) is 13.9. The Labute approximate surface area is 113 Å². The molecule has 0 radical (unpaired) electrons. The fourth-order valence-corrected chi connectivity index (χ4v) is 2.27. The number of hydrogen-bond donors (Lipinski definition) is 2. The van der Waals surface area contributed by atoms with Crippen LogP contribution in [-0.4, -0.2) is 23.7 Å². The van der Waals surface area contributed by atoms with E-state index in [0.29, 0.717) is 5.75 Å². The number of ether oxygens (including phenoxy) is 1. The molecule has 2 atom stereocenters. The second-order valence-electron chi connectivity index (χ2n) is 5.11. The third kappa shape index (κ3) is 3.47. The smallest absolute Gasteiger partial charge is 0.261 e. The van der Waals surface area contributed by atoms with Gasteiger partial charge in [-0.05, 0) is 44.7 Å². The predicted molar refractivity (Wildman–Crippen MR) is 73.1 cm³/mol. The monoisotopic (exact) mass is 263 g/mol. The quantitative estimate of drug-likeness (QED) is 0.878. The Morgan fingerprint density at radius 2 is 2.21 bits per heavy atom. The van der Waals surface area contributed by atoms with E-state index in [1.165, 1.54) is 0 Å². The molecule has 2 N–H and O–H groups in total. The van der Waals surface area contributed by atoms with E-state index in [-0.39, 0.29) is 5.91 Å². The Bertz CT molecular complexity index is 457. The molecular formula is C15H21NO3. The SMILES string of the molecule is Cc1ccc([C@@H](C)O)c(OC2CCCCNC2=O)c1. The van der Waals surface area contributed by atoms with E-state index in [0.717, 1.165) is 36.9 Å². The average molecular weight is 263 g/mol. The van der Waals surface area contributed by atoms with Crippen LogP contribution in [0.1, 0.15) is 43.4 Å². The molecule has 1 aromatic rings. The predicted octanol–water partition coefficient (Wildman–Crippen LogP) is 2.10. The van der Waals surface area contributed by atoms with Crippen LogP contribution >= 0.6 is 0 Å². The zero-order chi connectivity index (χ0) is 13.8. The van der Waals surface area contributed by atoms with Crippen LogP contribution in [0.3, 0.4) is 0 Å². The summed E-state index contributed by atoms with van der Waals surface area (Å²) in [6.07, 6.45) is 1.62. The molecule has 2 rings (SSSR count). The van der Waals surface area contributed by atoms with Crippen molar-refractivity contribution < 1.29 is 14.6 Å². The minimum absolute atomic E-state index is 0.0597. The van der Waals surface area contributed by atoms with Gasteiger partial charge in [0.15, 0.2) is 6.10 Å². The van der Waals surface area contributed by atoms with E-state index >= 15 is 0 Å². The van der Waals surface area contributed by atoms with Gasteiger partial charge in [0, 0.05) is 12.1 Å². The molecule has 0 aliphatic carbocycles. The van der Waals surface area contributed by atoms with Gasteiger partial charge >= 0.3 is 0 Å². The molecule has 104 valence electrons. The molecule has 1 aromatic carbocycles. The molecule has 0 spiro atoms. The number of aliphatic hydroxyl groups excluding tert-OH is 1. The van der Waals surface area contributed by atoms with Crippen LogP contribution in [0, 0.1) is 6.92 Å². The fraction of sp³-hybridized carbons (Fsp3) is 0.533. The molecule has 1 aliphatic heterocycles. The van der Waals surface area contributed by atoms with E-state index in [4.69, 9.17) is 4.74 Å². The van der Waals surface area contributed by atoms with E-state index in [9.17, 15) is 9.90 Å². The minimum atomic E-state index is -0.607. The molecular weight excluding hydrogens is 242 g/mol. The molecule has 4 heteroatoms. The van der Waals surface area contributed by atoms with Crippen LogP contribution in [0.4, 0.5) is 0 Å². The van der Waals surface area contributed by atoms with Gasteiger partial charge in [-0.1, -0.05) is 12.1 Å². The van der Waals surface area contributed by atoms with Gasteiger partial charge in [-0.15, -0.1) is 0 Å². The molecule has 1 fully saturated rings. The molecule has 0 aromatic heterocycles. The standard InChI is InChI=1S/C15H21NO3/c1-10-6-7-12(11(2)17)14(9-10)19-13-5-3-4-8-16-15(13)18/h6-7,9,11,13,17H,3-5,8H2,1-2H3,(H,16,18)/t11-,13?/m1/s1. The summed E-state index contributed by atoms with van der Waals surface area (Å²) in [5.74, 6) is 0.549. The van der Waals surface area contributed by atoms with Crippen molar-refractivity contribution in [3.63, 3.8) is 0 Å². The summed E-state index contributed by atoms with van der Waals surface area (Å²) in [4.78, 5) is 11.9. The Morgan fingerprint density at radius 1 is 1.42 bits per heavy atom. The fourth-order valence-electron chi connectivity index (χ4n) is 2.27. The van der Waals surface area contributed by atoms with Crippen molar-refractivity contribution in [2.45, 2.75) is 45.3 Å². The molecule has 1 saturated heterocycles. The number of hydrogen-bond acceptors (Lipinski definition) is 3. The second-order valence-corrected chi connectivity index (χ2v) is 5.11. The van der Waals surface area contributed by atoms with Crippen LogP contribution in [0.15, 0.2) is 18.2 Å². The highest BCUT2D eigenvalue weighted by Crippen LogP contribution is 2.28. The van der Waals surface area contributed by atoms with Crippen molar-refractivity contribution in [2.75, 3.05) is 6.54 Å². The number of nitrogens with one attached hydrogen (secondary N) is 1. The van der Waals surface area contributed by atoms with Crippen molar-refractivity contribution in [2.24, 2.45) is 0 Å². The highest BCUT2D eigenvalue weighted by Gasteiger charge is 2.23. The Hall–Kier alpha value is -1.55. The van der Waals surface area contributed by atoms with Gasteiger partial charge in [-0.3, -0.25) is 4.79 Å². The van der Waals surface area contributed by atoms with Gasteiger partial charge in [0.1, 0.15) is 5.75 Å². The summed E-state index contributed by atoms with van der Waals surface area (Å²) in [7, 11) is 0. The molecule has 19 heavy (non-hydrogen) atoms. The number of aryl methyl sites for hydroxylation is 1. The average Bonchev–Trinajstić information content (AvgIpc) is 2.55. The zero-order valence-corrected chi connectivity index (χ0v) is 11.5. The molecule has 0 bridgehead atoms. The van der Waals surface area contributed by atoms with Gasteiger partial charge in [0.2, 0.25) is 0 Å². The van der Waals surface area contributed by atoms with Gasteiger partial charge in [-0.2, -0.15) is 0 Å². The minimum Gasteiger partial charge on any atom is -0.480 e. The lowest BCUT2D eigenvalue weighted by Gasteiger charge is -2.20. The van der Waals surface area contributed by atoms with Crippen molar-refractivity contribution >= 4 is 5.91 Å². The molecule has 1 heterocycles. The summed E-state index contributed by atoms with van der Waals surface area (Å²) in [6.45, 7) is 4.38. The molecule has 0 saturated carbocycles. The Balaban J connectivity index is 2.21. The maximum Gasteiger partial charge on any atom is 0.261 e. The van der Waals surface area contributed by atoms with Gasteiger partial charge in [0.25, 0.3) is 5.91 Å². The van der Waals surface area contributed by atoms with E-state index in [1.54, 1.807) is 6.92 Å². The summed E-state index contributed by atoms with van der Waals surface area (Å²) < 4.78 is 5.85. The van der Waals surface area contributed by atoms with Crippen LogP contribution in [-0.2, 0) is 4.79 Å². The number of carbonyl (C=O) groups is 1. The summed E-state index contributed by atoms with van der Waals surface area (Å²) in [6, 6.07) is 5.66. The van der Waals surface area contributed by atoms with Crippen molar-refractivity contribution in [3.8, 4) is 5.75 Å². The Kier molecular flexibility index (Phi) is 4.43. The van der Waals surface area contributed by atoms with Crippen LogP contribution in [0.2, 0.25) is 0 Å². The van der Waals surface area contributed by atoms with Gasteiger partial charge in [0.05, 0.1) is 6.10 Å². The van der Waals surface area contributed by atoms with Crippen LogP contribution in [0.25, 0.3) is 0 Å². The first-order valence-corrected chi connectivity index (χ1v) is 6.81. The largest absolute Gasteiger partial charge is 0.480 e. The first-order chi connectivity index (χ1) is 9.08. The van der Waals surface area contributed by atoms with Crippen molar-refractivity contribution in [1.29, 1.82) is 0 Å². The van der Waals surface area contributed by atoms with Crippen molar-refractivity contribution in [3.05, 3.63) is 29.3 Å². The van der Waals surface area contributed by atoms with Crippen LogP contribution in [0.5, 0.6) is 5.75 Å². The lowest BCUT2D eigenvalue weighted by molar-refractivity contribution is -0.127. The third-order valence-electron chi connectivity index (χ3n) is 3.37. The van der Waals surface area contributed by atoms with Gasteiger partial charge in [-0.25, -0.2) is 0 Å². The number of rotatable bonds is 3. The number of carbonyl (C=O) groups excluding carboxylic acids is 1. The number of benzene rings is 1. The summed E-state index contributed by atoms with van der Waals surface area (Å²) in [5.41, 5.74) is 1.77. The van der Waals surface area contributed by atoms with Crippen LogP contribution < -0.4 is 10.1 Å². The number of amides is 1. The first-order valence-electron chi connectivity index (χ1n) is 6.81. The highest BCUT2D eigenvalue weighted by molar-refractivity contribution is 5.81. The maximum atomic E-state index is 11.9. The van der Waals surface area contributed by atoms with E-state index in [1.807, 2.05) is 25.1 Å². The molecule has 1 amide bonds. The second kappa shape index (κ2) is 6.06. The number of aliphatic hydroxyl groups is 1. The third-order valence-corrected chi connectivity index (χ3v) is 3.37. The lowest BCUT2D eigenvalue weighted by Crippen LogP contribution is -2.36. The normalized spacial score (nSPS) is 21.4. The molecule has 1 unspecified atom stereocenters. The van der Waals surface area contributed by atoms with E-state index < -0.39 is 12.2 Å². The lowest BCUT2D eigenvalue weighted by atomic mass is 10.1. The zero-order valence-electron chi connectivity index (χ0n) is 11.5. The summed E-state index contributed by atoms with van der Waals surface area (Å²) >= 11 is 0. The maximum absolute atomic E-state index is 11.9.